The van der Waals surface area contributed by atoms with Gasteiger partial charge in [-0.25, -0.2) is 14.3 Å². The molecule has 9 nitrogen and oxygen atoms in total. The number of anilines is 1. The molecule has 0 saturated heterocycles. The molecule has 4 rings (SSSR count). The van der Waals surface area contributed by atoms with Crippen LogP contribution in [0.4, 0.5) is 5.69 Å². The third-order valence-corrected chi connectivity index (χ3v) is 7.12. The van der Waals surface area contributed by atoms with Crippen molar-refractivity contribution < 1.29 is 14.3 Å². The Morgan fingerprint density at radius 2 is 1.79 bits per heavy atom. The fourth-order valence-corrected chi connectivity index (χ4v) is 4.92. The zero-order valence-electron chi connectivity index (χ0n) is 18.9. The van der Waals surface area contributed by atoms with Crippen LogP contribution in [0.5, 0.6) is 11.5 Å². The molecule has 0 aliphatic heterocycles. The Hall–Kier alpha value is -3.57. The molecule has 0 aliphatic rings. The molecular formula is C23H22N4O5S2. The van der Waals surface area contributed by atoms with Gasteiger partial charge < -0.3 is 14.8 Å². The lowest BCUT2D eigenvalue weighted by Gasteiger charge is -2.13. The Bertz CT molecular complexity index is 1490. The van der Waals surface area contributed by atoms with Gasteiger partial charge in [0.15, 0.2) is 21.5 Å². The van der Waals surface area contributed by atoms with Crippen molar-refractivity contribution in [1.29, 1.82) is 0 Å². The van der Waals surface area contributed by atoms with Crippen LogP contribution in [-0.2, 0) is 11.3 Å². The van der Waals surface area contributed by atoms with Crippen LogP contribution >= 0.6 is 23.1 Å². The summed E-state index contributed by atoms with van der Waals surface area (Å²) >= 11 is 2.56. The van der Waals surface area contributed by atoms with Gasteiger partial charge in [0.2, 0.25) is 5.91 Å². The monoisotopic (exact) mass is 498 g/mol. The average Bonchev–Trinajstić information content (AvgIpc) is 3.28. The Morgan fingerprint density at radius 3 is 2.44 bits per heavy atom. The van der Waals surface area contributed by atoms with Gasteiger partial charge in [0.25, 0.3) is 5.56 Å². The van der Waals surface area contributed by atoms with E-state index in [4.69, 9.17) is 9.47 Å². The van der Waals surface area contributed by atoms with Crippen LogP contribution in [0.15, 0.2) is 56.4 Å². The number of hydrogen-bond acceptors (Lipinski definition) is 8. The summed E-state index contributed by atoms with van der Waals surface area (Å²) in [4.78, 5) is 44.0. The van der Waals surface area contributed by atoms with Gasteiger partial charge in [-0.05, 0) is 37.4 Å². The lowest BCUT2D eigenvalue weighted by Crippen LogP contribution is -2.40. The molecule has 34 heavy (non-hydrogen) atoms. The number of thioether (sulfide) groups is 1. The van der Waals surface area contributed by atoms with Crippen molar-refractivity contribution in [3.05, 3.63) is 68.9 Å². The molecule has 0 spiro atoms. The van der Waals surface area contributed by atoms with Crippen LogP contribution < -0.4 is 26.0 Å². The fraction of sp³-hybridized carbons (Fsp3) is 0.217. The van der Waals surface area contributed by atoms with Gasteiger partial charge in [0.05, 0.1) is 19.9 Å². The summed E-state index contributed by atoms with van der Waals surface area (Å²) in [6, 6.07) is 12.0. The number of methoxy groups -OCH3 is 2. The highest BCUT2D eigenvalue weighted by molar-refractivity contribution is 8.00. The van der Waals surface area contributed by atoms with Gasteiger partial charge in [0.1, 0.15) is 11.2 Å². The highest BCUT2D eigenvalue weighted by Crippen LogP contribution is 2.30. The molecular weight excluding hydrogens is 476 g/mol. The van der Waals surface area contributed by atoms with Gasteiger partial charge in [-0.2, -0.15) is 0 Å². The van der Waals surface area contributed by atoms with Crippen LogP contribution in [0.3, 0.4) is 0 Å². The highest BCUT2D eigenvalue weighted by Gasteiger charge is 2.20. The molecule has 1 amide bonds. The molecule has 4 aromatic rings. The summed E-state index contributed by atoms with van der Waals surface area (Å²) in [5.74, 6) is 0.524. The fourth-order valence-electron chi connectivity index (χ4n) is 3.42. The van der Waals surface area contributed by atoms with Crippen molar-refractivity contribution in [3.63, 3.8) is 0 Å². The molecule has 176 valence electrons. The first-order valence-electron chi connectivity index (χ1n) is 10.2. The van der Waals surface area contributed by atoms with Gasteiger partial charge >= 0.3 is 5.69 Å². The van der Waals surface area contributed by atoms with E-state index in [2.05, 4.69) is 10.3 Å². The molecule has 0 bridgehead atoms. The quantitative estimate of drug-likeness (QED) is 0.390. The Labute approximate surface area is 203 Å². The number of hydrogen-bond donors (Lipinski definition) is 1. The minimum atomic E-state index is -0.637. The molecule has 1 N–H and O–H groups in total. The van der Waals surface area contributed by atoms with E-state index in [1.807, 2.05) is 25.3 Å². The number of benzene rings is 2. The summed E-state index contributed by atoms with van der Waals surface area (Å²) in [7, 11) is 3.02. The van der Waals surface area contributed by atoms with E-state index in [1.165, 1.54) is 41.9 Å². The van der Waals surface area contributed by atoms with Crippen molar-refractivity contribution in [2.24, 2.45) is 0 Å². The normalized spacial score (nSPS) is 10.9. The number of nitrogens with one attached hydrogen (secondary N) is 1. The number of rotatable bonds is 7. The minimum Gasteiger partial charge on any atom is -0.493 e. The molecule has 0 radical (unpaired) electrons. The maximum atomic E-state index is 13.4. The van der Waals surface area contributed by atoms with Gasteiger partial charge in [0, 0.05) is 11.8 Å². The first kappa shape index (κ1) is 23.6. The zero-order valence-corrected chi connectivity index (χ0v) is 20.6. The van der Waals surface area contributed by atoms with Crippen LogP contribution in [0, 0.1) is 6.92 Å². The predicted octanol–water partition coefficient (Wildman–Crippen LogP) is 3.30. The molecule has 2 heterocycles. The van der Waals surface area contributed by atoms with Crippen molar-refractivity contribution in [2.45, 2.75) is 17.8 Å². The molecule has 0 unspecified atom stereocenters. The molecule has 0 atom stereocenters. The van der Waals surface area contributed by atoms with E-state index in [0.717, 1.165) is 10.1 Å². The van der Waals surface area contributed by atoms with E-state index in [0.29, 0.717) is 31.9 Å². The zero-order chi connectivity index (χ0) is 24.4. The summed E-state index contributed by atoms with van der Waals surface area (Å²) in [5.41, 5.74) is 0.989. The number of carbonyl (C=O) groups is 1. The maximum absolute atomic E-state index is 13.4. The van der Waals surface area contributed by atoms with E-state index >= 15 is 0 Å². The number of nitrogens with zero attached hydrogens (tertiary/aromatic N) is 3. The van der Waals surface area contributed by atoms with Crippen LogP contribution in [0.2, 0.25) is 0 Å². The number of ether oxygens (including phenoxy) is 2. The smallest absolute Gasteiger partial charge is 0.337 e. The number of aromatic nitrogens is 3. The first-order valence-corrected chi connectivity index (χ1v) is 12.2. The van der Waals surface area contributed by atoms with E-state index in [1.54, 1.807) is 30.3 Å². The highest BCUT2D eigenvalue weighted by atomic mass is 32.2. The Kier molecular flexibility index (Phi) is 6.75. The SMILES string of the molecule is COc1ccc(NC(=O)Cn2c(=O)n(-c3ccc(C)cc3)c(=O)c3sc(SC)nc32)cc1OC. The lowest BCUT2D eigenvalue weighted by atomic mass is 10.2. The average molecular weight is 499 g/mol. The Morgan fingerprint density at radius 1 is 1.09 bits per heavy atom. The van der Waals surface area contributed by atoms with Crippen molar-refractivity contribution in [1.82, 2.24) is 14.1 Å². The predicted molar refractivity (Wildman–Crippen MR) is 134 cm³/mol. The third kappa shape index (κ3) is 4.44. The van der Waals surface area contributed by atoms with Gasteiger partial charge in [-0.1, -0.05) is 29.5 Å². The van der Waals surface area contributed by atoms with Crippen molar-refractivity contribution in [3.8, 4) is 17.2 Å². The second-order valence-corrected chi connectivity index (χ2v) is 9.35. The van der Waals surface area contributed by atoms with Crippen LogP contribution in [0.25, 0.3) is 16.0 Å². The second kappa shape index (κ2) is 9.74. The standard InChI is InChI=1S/C23H22N4O5S2/c1-13-5-8-15(9-6-13)27-21(29)19-20(25-22(33-4)34-19)26(23(27)30)12-18(28)24-14-7-10-16(31-2)17(11-14)32-3/h5-11H,12H2,1-4H3,(H,24,28). The van der Waals surface area contributed by atoms with E-state index < -0.39 is 17.2 Å². The van der Waals surface area contributed by atoms with E-state index in [-0.39, 0.29) is 12.2 Å². The minimum absolute atomic E-state index is 0.190. The molecule has 0 aliphatic carbocycles. The third-order valence-electron chi connectivity index (χ3n) is 5.10. The number of amides is 1. The second-order valence-electron chi connectivity index (χ2n) is 7.30. The molecule has 11 heteroatoms. The maximum Gasteiger partial charge on any atom is 0.337 e. The van der Waals surface area contributed by atoms with Gasteiger partial charge in [-0.3, -0.25) is 14.2 Å². The number of carbonyl (C=O) groups excluding carboxylic acids is 1. The largest absolute Gasteiger partial charge is 0.493 e. The first-order chi connectivity index (χ1) is 16.4. The molecule has 0 fully saturated rings. The summed E-state index contributed by atoms with van der Waals surface area (Å²) < 4.78 is 13.7. The Balaban J connectivity index is 1.78. The number of aryl methyl sites for hydroxylation is 1. The van der Waals surface area contributed by atoms with Crippen molar-refractivity contribution in [2.75, 3.05) is 25.8 Å². The van der Waals surface area contributed by atoms with Gasteiger partial charge in [-0.15, -0.1) is 11.3 Å². The number of fused-ring (bicyclic) bond motifs is 1. The lowest BCUT2D eigenvalue weighted by molar-refractivity contribution is -0.116. The summed E-state index contributed by atoms with van der Waals surface area (Å²) in [6.07, 6.45) is 1.84. The van der Waals surface area contributed by atoms with Crippen LogP contribution in [0.1, 0.15) is 5.56 Å². The van der Waals surface area contributed by atoms with E-state index in [9.17, 15) is 14.4 Å². The number of thiazole rings is 1. The molecule has 2 aromatic heterocycles. The molecule has 2 aromatic carbocycles. The van der Waals surface area contributed by atoms with Crippen LogP contribution in [-0.4, -0.2) is 40.5 Å². The summed E-state index contributed by atoms with van der Waals surface area (Å²) in [6.45, 7) is 1.59. The summed E-state index contributed by atoms with van der Waals surface area (Å²) in [5, 5.41) is 2.76. The molecule has 0 saturated carbocycles. The van der Waals surface area contributed by atoms with Crippen molar-refractivity contribution >= 4 is 45.0 Å². The topological polar surface area (TPSA) is 104 Å².